The molecule has 2 heterocycles. The van der Waals surface area contributed by atoms with E-state index in [0.717, 1.165) is 28.9 Å². The van der Waals surface area contributed by atoms with E-state index in [9.17, 15) is 4.79 Å². The number of carbonyl (C=O) groups excluding carboxylic acids is 1. The maximum absolute atomic E-state index is 12.0. The molecular formula is C23H23N5O. The number of pyridine rings is 1. The lowest BCUT2D eigenvalue weighted by Crippen LogP contribution is -2.34. The summed E-state index contributed by atoms with van der Waals surface area (Å²) < 4.78 is 0. The summed E-state index contributed by atoms with van der Waals surface area (Å²) in [7, 11) is 1.91. The van der Waals surface area contributed by atoms with Crippen molar-refractivity contribution in [3.63, 3.8) is 0 Å². The summed E-state index contributed by atoms with van der Waals surface area (Å²) in [5.74, 6) is -0.820. The fraction of sp³-hybridized carbons (Fsp3) is 0.174. The summed E-state index contributed by atoms with van der Waals surface area (Å²) in [5.41, 5.74) is 10.8. The first kappa shape index (κ1) is 18.8. The fourth-order valence-electron chi connectivity index (χ4n) is 4.04. The Balaban J connectivity index is 1.89. The normalized spacial score (nSPS) is 18.0. The van der Waals surface area contributed by atoms with E-state index in [4.69, 9.17) is 11.1 Å². The molecule has 2 aromatic carbocycles. The maximum Gasteiger partial charge on any atom is 0.249 e. The number of fused-ring (bicyclic) bond motifs is 1. The van der Waals surface area contributed by atoms with E-state index in [0.29, 0.717) is 16.8 Å². The summed E-state index contributed by atoms with van der Waals surface area (Å²) >= 11 is 0. The summed E-state index contributed by atoms with van der Waals surface area (Å²) in [6, 6.07) is 17.3. The predicted molar refractivity (Wildman–Crippen MR) is 114 cm³/mol. The number of amides is 1. The topological polar surface area (TPSA) is 104 Å². The Labute approximate surface area is 169 Å². The van der Waals surface area contributed by atoms with Crippen molar-refractivity contribution < 1.29 is 4.79 Å². The number of nitrogens with one attached hydrogen (secondary N) is 3. The second-order valence-electron chi connectivity index (χ2n) is 7.17. The summed E-state index contributed by atoms with van der Waals surface area (Å²) in [5, 5.41) is 15.8. The monoisotopic (exact) mass is 385 g/mol. The van der Waals surface area contributed by atoms with Crippen molar-refractivity contribution in [3.8, 4) is 0 Å². The SMILES string of the molecule is CNCc1cccc(C2C(=N)c3c(cccc3C(N)=O)NC2c2cccnc2)c1. The summed E-state index contributed by atoms with van der Waals surface area (Å²) in [6.45, 7) is 0.738. The first-order chi connectivity index (χ1) is 14.1. The average Bonchev–Trinajstić information content (AvgIpc) is 2.74. The number of carbonyl (C=O) groups is 1. The Morgan fingerprint density at radius 1 is 1.17 bits per heavy atom. The molecule has 5 N–H and O–H groups in total. The van der Waals surface area contributed by atoms with Gasteiger partial charge in [-0.3, -0.25) is 9.78 Å². The van der Waals surface area contributed by atoms with E-state index in [1.807, 2.05) is 43.6 Å². The number of nitrogens with two attached hydrogens (primary N) is 1. The third-order valence-electron chi connectivity index (χ3n) is 5.29. The van der Waals surface area contributed by atoms with Crippen molar-refractivity contribution in [2.75, 3.05) is 12.4 Å². The molecule has 2 atom stereocenters. The number of aromatic nitrogens is 1. The van der Waals surface area contributed by atoms with Crippen molar-refractivity contribution in [1.82, 2.24) is 10.3 Å². The molecule has 1 aliphatic heterocycles. The molecule has 0 fully saturated rings. The Hall–Kier alpha value is -3.51. The molecule has 6 nitrogen and oxygen atoms in total. The number of nitrogens with zero attached hydrogens (tertiary/aromatic N) is 1. The van der Waals surface area contributed by atoms with Crippen molar-refractivity contribution in [1.29, 1.82) is 5.41 Å². The Bertz CT molecular complexity index is 1060. The molecule has 4 rings (SSSR count). The maximum atomic E-state index is 12.0. The van der Waals surface area contributed by atoms with Crippen LogP contribution in [0.2, 0.25) is 0 Å². The van der Waals surface area contributed by atoms with Crippen LogP contribution in [0.3, 0.4) is 0 Å². The quantitative estimate of drug-likeness (QED) is 0.541. The smallest absolute Gasteiger partial charge is 0.249 e. The van der Waals surface area contributed by atoms with Crippen molar-refractivity contribution in [3.05, 3.63) is 94.8 Å². The largest absolute Gasteiger partial charge is 0.377 e. The standard InChI is InChI=1S/C23H23N5O/c1-26-12-14-5-2-6-15(11-14)19-21(24)20-17(23(25)29)8-3-9-18(20)28-22(19)16-7-4-10-27-13-16/h2-11,13,19,22,24,26,28H,12H2,1H3,(H2,25,29). The van der Waals surface area contributed by atoms with Crippen LogP contribution < -0.4 is 16.4 Å². The highest BCUT2D eigenvalue weighted by molar-refractivity contribution is 6.16. The third kappa shape index (κ3) is 3.50. The van der Waals surface area contributed by atoms with Gasteiger partial charge in [-0.1, -0.05) is 36.4 Å². The number of rotatable bonds is 5. The lowest BCUT2D eigenvalue weighted by molar-refractivity contribution is 0.1000. The number of benzene rings is 2. The molecule has 0 radical (unpaired) electrons. The number of primary amides is 1. The van der Waals surface area contributed by atoms with Gasteiger partial charge in [-0.15, -0.1) is 0 Å². The lowest BCUT2D eigenvalue weighted by Gasteiger charge is -2.36. The summed E-state index contributed by atoms with van der Waals surface area (Å²) in [6.07, 6.45) is 3.55. The third-order valence-corrected chi connectivity index (χ3v) is 5.29. The first-order valence-corrected chi connectivity index (χ1v) is 9.51. The molecule has 3 aromatic rings. The zero-order valence-electron chi connectivity index (χ0n) is 16.1. The number of hydrogen-bond donors (Lipinski definition) is 4. The zero-order chi connectivity index (χ0) is 20.4. The highest BCUT2D eigenvalue weighted by Crippen LogP contribution is 2.43. The van der Waals surface area contributed by atoms with Crippen LogP contribution in [-0.4, -0.2) is 23.7 Å². The Morgan fingerprint density at radius 2 is 1.97 bits per heavy atom. The van der Waals surface area contributed by atoms with E-state index < -0.39 is 5.91 Å². The Morgan fingerprint density at radius 3 is 2.69 bits per heavy atom. The molecule has 0 spiro atoms. The van der Waals surface area contributed by atoms with Crippen LogP contribution in [0.25, 0.3) is 0 Å². The molecule has 0 aliphatic carbocycles. The van der Waals surface area contributed by atoms with E-state index in [-0.39, 0.29) is 12.0 Å². The van der Waals surface area contributed by atoms with Gasteiger partial charge in [0.25, 0.3) is 0 Å². The van der Waals surface area contributed by atoms with Crippen molar-refractivity contribution in [2.45, 2.75) is 18.5 Å². The van der Waals surface area contributed by atoms with E-state index in [1.54, 1.807) is 18.3 Å². The van der Waals surface area contributed by atoms with E-state index in [1.165, 1.54) is 0 Å². The molecule has 29 heavy (non-hydrogen) atoms. The van der Waals surface area contributed by atoms with Crippen LogP contribution in [0, 0.1) is 5.41 Å². The second kappa shape index (κ2) is 7.85. The molecule has 0 saturated heterocycles. The molecule has 146 valence electrons. The molecule has 2 unspecified atom stereocenters. The predicted octanol–water partition coefficient (Wildman–Crippen LogP) is 3.22. The van der Waals surface area contributed by atoms with Crippen molar-refractivity contribution in [2.24, 2.45) is 5.73 Å². The number of anilines is 1. The molecule has 1 amide bonds. The fourth-order valence-corrected chi connectivity index (χ4v) is 4.04. The van der Waals surface area contributed by atoms with Gasteiger partial charge in [0, 0.05) is 30.2 Å². The Kier molecular flexibility index (Phi) is 5.10. The van der Waals surface area contributed by atoms with Gasteiger partial charge in [0.15, 0.2) is 0 Å². The zero-order valence-corrected chi connectivity index (χ0v) is 16.1. The van der Waals surface area contributed by atoms with Gasteiger partial charge in [0.05, 0.1) is 23.2 Å². The molecule has 1 aromatic heterocycles. The van der Waals surface area contributed by atoms with Gasteiger partial charge in [-0.2, -0.15) is 0 Å². The molecule has 6 heteroatoms. The number of hydrogen-bond acceptors (Lipinski definition) is 5. The minimum absolute atomic E-state index is 0.184. The van der Waals surface area contributed by atoms with E-state index in [2.05, 4.69) is 27.8 Å². The molecule has 0 saturated carbocycles. The molecule has 0 bridgehead atoms. The van der Waals surface area contributed by atoms with Gasteiger partial charge < -0.3 is 21.8 Å². The van der Waals surface area contributed by atoms with Gasteiger partial charge in [-0.05, 0) is 41.9 Å². The lowest BCUT2D eigenvalue weighted by atomic mass is 9.76. The van der Waals surface area contributed by atoms with E-state index >= 15 is 0 Å². The molecular weight excluding hydrogens is 362 g/mol. The van der Waals surface area contributed by atoms with Crippen molar-refractivity contribution >= 4 is 17.3 Å². The minimum atomic E-state index is -0.532. The second-order valence-corrected chi connectivity index (χ2v) is 7.17. The van der Waals surface area contributed by atoms with Gasteiger partial charge >= 0.3 is 0 Å². The van der Waals surface area contributed by atoms with Gasteiger partial charge in [-0.25, -0.2) is 0 Å². The molecule has 1 aliphatic rings. The average molecular weight is 385 g/mol. The van der Waals surface area contributed by atoms with Crippen LogP contribution in [-0.2, 0) is 6.54 Å². The van der Waals surface area contributed by atoms with Crippen LogP contribution in [0.15, 0.2) is 67.0 Å². The van der Waals surface area contributed by atoms with Gasteiger partial charge in [0.2, 0.25) is 5.91 Å². The summed E-state index contributed by atoms with van der Waals surface area (Å²) in [4.78, 5) is 16.3. The highest BCUT2D eigenvalue weighted by Gasteiger charge is 2.37. The van der Waals surface area contributed by atoms with Crippen LogP contribution in [0.4, 0.5) is 5.69 Å². The van der Waals surface area contributed by atoms with Crippen LogP contribution in [0.5, 0.6) is 0 Å². The van der Waals surface area contributed by atoms with Crippen LogP contribution >= 0.6 is 0 Å². The minimum Gasteiger partial charge on any atom is -0.377 e. The first-order valence-electron chi connectivity index (χ1n) is 9.51. The van der Waals surface area contributed by atoms with Gasteiger partial charge in [0.1, 0.15) is 0 Å². The highest BCUT2D eigenvalue weighted by atomic mass is 16.1. The van der Waals surface area contributed by atoms with Crippen LogP contribution in [0.1, 0.15) is 44.6 Å².